The Hall–Kier alpha value is -3.34. The summed E-state index contributed by atoms with van der Waals surface area (Å²) >= 11 is 1.46. The Balaban J connectivity index is 1.93. The normalized spacial score (nSPS) is 11.0. The SMILES string of the molecule is COCCc1nc2sc(C)c(-c3ccc(F)cc3)c2c(=O)n1Cc1cccc(C#N)c1. The fourth-order valence-electron chi connectivity index (χ4n) is 3.67. The zero-order chi connectivity index (χ0) is 22.0. The van der Waals surface area contributed by atoms with Crippen molar-refractivity contribution in [1.82, 2.24) is 9.55 Å². The number of nitriles is 1. The largest absolute Gasteiger partial charge is 0.384 e. The zero-order valence-electron chi connectivity index (χ0n) is 17.2. The van der Waals surface area contributed by atoms with Gasteiger partial charge in [-0.05, 0) is 42.3 Å². The summed E-state index contributed by atoms with van der Waals surface area (Å²) in [6, 6.07) is 15.5. The molecule has 31 heavy (non-hydrogen) atoms. The van der Waals surface area contributed by atoms with Crippen molar-refractivity contribution in [2.75, 3.05) is 13.7 Å². The molecule has 2 aromatic heterocycles. The van der Waals surface area contributed by atoms with Crippen LogP contribution in [0.3, 0.4) is 0 Å². The summed E-state index contributed by atoms with van der Waals surface area (Å²) in [6.45, 7) is 2.68. The summed E-state index contributed by atoms with van der Waals surface area (Å²) in [5, 5.41) is 9.74. The minimum Gasteiger partial charge on any atom is -0.384 e. The molecule has 0 N–H and O–H groups in total. The molecule has 0 atom stereocenters. The topological polar surface area (TPSA) is 67.9 Å². The van der Waals surface area contributed by atoms with Gasteiger partial charge in [-0.15, -0.1) is 11.3 Å². The quantitative estimate of drug-likeness (QED) is 0.443. The highest BCUT2D eigenvalue weighted by molar-refractivity contribution is 7.19. The third-order valence-electron chi connectivity index (χ3n) is 5.13. The lowest BCUT2D eigenvalue weighted by Crippen LogP contribution is -2.26. The molecule has 0 spiro atoms. The van der Waals surface area contributed by atoms with E-state index in [1.54, 1.807) is 42.0 Å². The van der Waals surface area contributed by atoms with Gasteiger partial charge in [-0.3, -0.25) is 9.36 Å². The van der Waals surface area contributed by atoms with E-state index in [0.717, 1.165) is 21.6 Å². The number of fused-ring (bicyclic) bond motifs is 1. The zero-order valence-corrected chi connectivity index (χ0v) is 18.0. The van der Waals surface area contributed by atoms with Crippen molar-refractivity contribution in [2.24, 2.45) is 0 Å². The van der Waals surface area contributed by atoms with Gasteiger partial charge in [0.1, 0.15) is 16.5 Å². The number of aryl methyl sites for hydroxylation is 1. The number of methoxy groups -OCH3 is 1. The lowest BCUT2D eigenvalue weighted by molar-refractivity contribution is 0.199. The summed E-state index contributed by atoms with van der Waals surface area (Å²) in [5.41, 5.74) is 2.80. The van der Waals surface area contributed by atoms with Crippen LogP contribution in [-0.4, -0.2) is 23.3 Å². The predicted molar refractivity (Wildman–Crippen MR) is 120 cm³/mol. The maximum Gasteiger partial charge on any atom is 0.263 e. The number of hydrogen-bond donors (Lipinski definition) is 0. The number of rotatable bonds is 6. The monoisotopic (exact) mass is 433 g/mol. The van der Waals surface area contributed by atoms with Crippen LogP contribution < -0.4 is 5.56 Å². The van der Waals surface area contributed by atoms with Crippen LogP contribution in [0.4, 0.5) is 4.39 Å². The second-order valence-electron chi connectivity index (χ2n) is 7.19. The van der Waals surface area contributed by atoms with Gasteiger partial charge in [-0.1, -0.05) is 24.3 Å². The summed E-state index contributed by atoms with van der Waals surface area (Å²) in [5.74, 6) is 0.310. The van der Waals surface area contributed by atoms with E-state index in [9.17, 15) is 14.4 Å². The molecular formula is C24H20FN3O2S. The lowest BCUT2D eigenvalue weighted by atomic mass is 10.0. The molecule has 0 aliphatic rings. The molecule has 4 rings (SSSR count). The van der Waals surface area contributed by atoms with E-state index in [1.807, 2.05) is 13.0 Å². The number of nitrogens with zero attached hydrogens (tertiary/aromatic N) is 3. The molecule has 0 bridgehead atoms. The second-order valence-corrected chi connectivity index (χ2v) is 8.40. The molecule has 156 valence electrons. The number of thiophene rings is 1. The van der Waals surface area contributed by atoms with E-state index in [0.29, 0.717) is 41.2 Å². The molecular weight excluding hydrogens is 413 g/mol. The summed E-state index contributed by atoms with van der Waals surface area (Å²) in [7, 11) is 1.61. The van der Waals surface area contributed by atoms with Crippen molar-refractivity contribution < 1.29 is 9.13 Å². The van der Waals surface area contributed by atoms with E-state index in [-0.39, 0.29) is 11.4 Å². The number of benzene rings is 2. The predicted octanol–water partition coefficient (Wildman–Crippen LogP) is 4.68. The van der Waals surface area contributed by atoms with Crippen LogP contribution in [-0.2, 0) is 17.7 Å². The van der Waals surface area contributed by atoms with Crippen LogP contribution in [0.2, 0.25) is 0 Å². The Morgan fingerprint density at radius 1 is 1.23 bits per heavy atom. The molecule has 0 saturated carbocycles. The highest BCUT2D eigenvalue weighted by Crippen LogP contribution is 2.36. The van der Waals surface area contributed by atoms with Crippen molar-refractivity contribution in [3.63, 3.8) is 0 Å². The third-order valence-corrected chi connectivity index (χ3v) is 6.13. The van der Waals surface area contributed by atoms with E-state index >= 15 is 0 Å². The average molecular weight is 434 g/mol. The molecule has 0 radical (unpaired) electrons. The number of ether oxygens (including phenoxy) is 1. The highest BCUT2D eigenvalue weighted by Gasteiger charge is 2.20. The first-order valence-corrected chi connectivity index (χ1v) is 10.6. The molecule has 0 unspecified atom stereocenters. The van der Waals surface area contributed by atoms with E-state index in [1.165, 1.54) is 23.5 Å². The number of aromatic nitrogens is 2. The first-order valence-electron chi connectivity index (χ1n) is 9.78. The van der Waals surface area contributed by atoms with Crippen molar-refractivity contribution in [1.29, 1.82) is 5.26 Å². The molecule has 0 aliphatic heterocycles. The van der Waals surface area contributed by atoms with Crippen LogP contribution in [0.25, 0.3) is 21.3 Å². The molecule has 0 fully saturated rings. The van der Waals surface area contributed by atoms with Crippen LogP contribution in [0.1, 0.15) is 21.8 Å². The van der Waals surface area contributed by atoms with Crippen LogP contribution >= 0.6 is 11.3 Å². The first kappa shape index (κ1) is 20.9. The molecule has 0 aliphatic carbocycles. The van der Waals surface area contributed by atoms with Gasteiger partial charge in [0.25, 0.3) is 5.56 Å². The first-order chi connectivity index (χ1) is 15.0. The molecule has 0 amide bonds. The van der Waals surface area contributed by atoms with Crippen LogP contribution in [0.15, 0.2) is 53.3 Å². The Morgan fingerprint density at radius 2 is 2.00 bits per heavy atom. The minimum absolute atomic E-state index is 0.151. The highest BCUT2D eigenvalue weighted by atomic mass is 32.1. The maximum absolute atomic E-state index is 13.7. The van der Waals surface area contributed by atoms with Crippen molar-refractivity contribution >= 4 is 21.6 Å². The fourth-order valence-corrected chi connectivity index (χ4v) is 4.72. The minimum atomic E-state index is -0.323. The Bertz CT molecular complexity index is 1350. The van der Waals surface area contributed by atoms with Gasteiger partial charge < -0.3 is 4.74 Å². The molecule has 2 aromatic carbocycles. The van der Waals surface area contributed by atoms with E-state index in [2.05, 4.69) is 6.07 Å². The van der Waals surface area contributed by atoms with Gasteiger partial charge in [-0.25, -0.2) is 9.37 Å². The van der Waals surface area contributed by atoms with Crippen LogP contribution in [0.5, 0.6) is 0 Å². The van der Waals surface area contributed by atoms with Crippen molar-refractivity contribution in [3.05, 3.63) is 86.5 Å². The Kier molecular flexibility index (Phi) is 5.94. The molecule has 4 aromatic rings. The lowest BCUT2D eigenvalue weighted by Gasteiger charge is -2.13. The molecule has 2 heterocycles. The molecule has 5 nitrogen and oxygen atoms in total. The molecule has 0 saturated heterocycles. The van der Waals surface area contributed by atoms with Gasteiger partial charge >= 0.3 is 0 Å². The van der Waals surface area contributed by atoms with Gasteiger partial charge in [-0.2, -0.15) is 5.26 Å². The van der Waals surface area contributed by atoms with Gasteiger partial charge in [0.2, 0.25) is 0 Å². The average Bonchev–Trinajstić information content (AvgIpc) is 3.11. The maximum atomic E-state index is 13.7. The Labute approximate surface area is 183 Å². The van der Waals surface area contributed by atoms with Crippen molar-refractivity contribution in [3.8, 4) is 17.2 Å². The number of halogens is 1. The number of hydrogen-bond acceptors (Lipinski definition) is 5. The summed E-state index contributed by atoms with van der Waals surface area (Å²) in [6.07, 6.45) is 0.489. The van der Waals surface area contributed by atoms with Crippen LogP contribution in [0, 0.1) is 24.1 Å². The van der Waals surface area contributed by atoms with Gasteiger partial charge in [0.15, 0.2) is 0 Å². The standard InChI is InChI=1S/C24H20FN3O2S/c1-15-21(18-6-8-19(25)9-7-18)22-23(31-15)27-20(10-11-30-2)28(24(22)29)14-17-5-3-4-16(12-17)13-26/h3-9,12H,10-11,14H2,1-2H3. The van der Waals surface area contributed by atoms with Crippen molar-refractivity contribution in [2.45, 2.75) is 19.9 Å². The Morgan fingerprint density at radius 3 is 2.71 bits per heavy atom. The second kappa shape index (κ2) is 8.80. The van der Waals surface area contributed by atoms with E-state index < -0.39 is 0 Å². The third kappa shape index (κ3) is 4.13. The summed E-state index contributed by atoms with van der Waals surface area (Å²) < 4.78 is 20.3. The van der Waals surface area contributed by atoms with Gasteiger partial charge in [0, 0.05) is 24.0 Å². The smallest absolute Gasteiger partial charge is 0.263 e. The van der Waals surface area contributed by atoms with Gasteiger partial charge in [0.05, 0.1) is 30.2 Å². The molecule has 7 heteroatoms. The van der Waals surface area contributed by atoms with E-state index in [4.69, 9.17) is 9.72 Å². The fraction of sp³-hybridized carbons (Fsp3) is 0.208. The summed E-state index contributed by atoms with van der Waals surface area (Å²) in [4.78, 5) is 20.1.